The van der Waals surface area contributed by atoms with E-state index >= 15 is 0 Å². The number of rotatable bonds is 3. The summed E-state index contributed by atoms with van der Waals surface area (Å²) in [5, 5.41) is 3.32. The van der Waals surface area contributed by atoms with Gasteiger partial charge in [-0.05, 0) is 13.8 Å². The van der Waals surface area contributed by atoms with Crippen LogP contribution in [0.1, 0.15) is 20.3 Å². The van der Waals surface area contributed by atoms with Crippen molar-refractivity contribution in [2.24, 2.45) is 0 Å². The summed E-state index contributed by atoms with van der Waals surface area (Å²) in [4.78, 5) is 13.5. The van der Waals surface area contributed by atoms with Gasteiger partial charge in [-0.25, -0.2) is 8.42 Å². The predicted octanol–water partition coefficient (Wildman–Crippen LogP) is -0.370. The topological polar surface area (TPSA) is 66.5 Å². The van der Waals surface area contributed by atoms with Gasteiger partial charge in [0.05, 0.1) is 5.75 Å². The van der Waals surface area contributed by atoms with E-state index in [2.05, 4.69) is 5.32 Å². The van der Waals surface area contributed by atoms with Crippen LogP contribution in [0.5, 0.6) is 0 Å². The Bertz CT molecular complexity index is 343. The van der Waals surface area contributed by atoms with E-state index in [0.29, 0.717) is 13.1 Å². The summed E-state index contributed by atoms with van der Waals surface area (Å²) in [5.74, 6) is -0.121. The van der Waals surface area contributed by atoms with Crippen molar-refractivity contribution < 1.29 is 13.2 Å². The van der Waals surface area contributed by atoms with Crippen LogP contribution in [0.4, 0.5) is 0 Å². The number of carbonyl (C=O) groups excluding carboxylic acids is 1. The molecule has 0 aliphatic carbocycles. The van der Waals surface area contributed by atoms with Crippen LogP contribution >= 0.6 is 0 Å². The maximum atomic E-state index is 11.8. The summed E-state index contributed by atoms with van der Waals surface area (Å²) < 4.78 is 21.9. The number of nitrogens with zero attached hydrogens (tertiary/aromatic N) is 1. The number of amides is 1. The van der Waals surface area contributed by atoms with Gasteiger partial charge in [0.2, 0.25) is 5.91 Å². The molecule has 1 rings (SSSR count). The average Bonchev–Trinajstić information content (AvgIpc) is 2.11. The minimum Gasteiger partial charge on any atom is -0.340 e. The van der Waals surface area contributed by atoms with Crippen molar-refractivity contribution in [3.05, 3.63) is 0 Å². The summed E-state index contributed by atoms with van der Waals surface area (Å²) in [6.07, 6.45) is 1.25. The molecule has 1 fully saturated rings. The van der Waals surface area contributed by atoms with E-state index in [1.54, 1.807) is 4.90 Å². The molecule has 0 saturated carbocycles. The van der Waals surface area contributed by atoms with Gasteiger partial charge in [-0.2, -0.15) is 0 Å². The molecule has 1 saturated heterocycles. The number of hydrogen-bond acceptors (Lipinski definition) is 4. The molecule has 0 bridgehead atoms. The maximum Gasteiger partial charge on any atom is 0.223 e. The number of nitrogens with one attached hydrogen (secondary N) is 1. The Morgan fingerprint density at radius 1 is 1.31 bits per heavy atom. The average molecular weight is 248 g/mol. The van der Waals surface area contributed by atoms with Gasteiger partial charge in [-0.1, -0.05) is 0 Å². The third kappa shape index (κ3) is 4.49. The second-order valence-electron chi connectivity index (χ2n) is 4.65. The minimum atomic E-state index is -3.05. The van der Waals surface area contributed by atoms with E-state index in [0.717, 1.165) is 6.26 Å². The van der Waals surface area contributed by atoms with Gasteiger partial charge in [0, 0.05) is 37.8 Å². The Morgan fingerprint density at radius 2 is 1.81 bits per heavy atom. The second-order valence-corrected chi connectivity index (χ2v) is 6.91. The molecule has 0 aromatic heterocycles. The van der Waals surface area contributed by atoms with E-state index in [1.165, 1.54) is 0 Å². The molecule has 6 heteroatoms. The third-order valence-electron chi connectivity index (χ3n) is 2.60. The first-order valence-electron chi connectivity index (χ1n) is 5.49. The zero-order valence-electron chi connectivity index (χ0n) is 10.1. The van der Waals surface area contributed by atoms with Crippen LogP contribution in [0.15, 0.2) is 0 Å². The molecule has 16 heavy (non-hydrogen) atoms. The van der Waals surface area contributed by atoms with Crippen molar-refractivity contribution in [1.82, 2.24) is 10.2 Å². The smallest absolute Gasteiger partial charge is 0.223 e. The van der Waals surface area contributed by atoms with E-state index in [4.69, 9.17) is 0 Å². The molecule has 0 spiro atoms. The largest absolute Gasteiger partial charge is 0.340 e. The van der Waals surface area contributed by atoms with E-state index in [9.17, 15) is 13.2 Å². The first-order valence-corrected chi connectivity index (χ1v) is 7.55. The fraction of sp³-hybridized carbons (Fsp3) is 0.900. The zero-order chi connectivity index (χ0) is 12.3. The highest BCUT2D eigenvalue weighted by Crippen LogP contribution is 2.06. The lowest BCUT2D eigenvalue weighted by Gasteiger charge is -2.36. The lowest BCUT2D eigenvalue weighted by molar-refractivity contribution is -0.132. The van der Waals surface area contributed by atoms with Gasteiger partial charge < -0.3 is 10.2 Å². The standard InChI is InChI=1S/C10H20N2O3S/c1-8-6-12(7-9(2)11-8)10(13)4-5-16(3,14)15/h8-9,11H,4-7H2,1-3H3. The molecule has 1 amide bonds. The van der Waals surface area contributed by atoms with Gasteiger partial charge in [0.1, 0.15) is 9.84 Å². The Balaban J connectivity index is 2.47. The first kappa shape index (κ1) is 13.4. The number of hydrogen-bond donors (Lipinski definition) is 1. The number of carbonyl (C=O) groups is 1. The molecule has 0 radical (unpaired) electrons. The molecule has 1 aliphatic rings. The zero-order valence-corrected chi connectivity index (χ0v) is 10.9. The first-order chi connectivity index (χ1) is 7.28. The van der Waals surface area contributed by atoms with Gasteiger partial charge in [-0.15, -0.1) is 0 Å². The predicted molar refractivity (Wildman–Crippen MR) is 63.0 cm³/mol. The van der Waals surface area contributed by atoms with E-state index < -0.39 is 9.84 Å². The van der Waals surface area contributed by atoms with Crippen molar-refractivity contribution in [2.75, 3.05) is 25.1 Å². The van der Waals surface area contributed by atoms with Crippen LogP contribution in [0.2, 0.25) is 0 Å². The lowest BCUT2D eigenvalue weighted by atomic mass is 10.1. The fourth-order valence-electron chi connectivity index (χ4n) is 1.96. The highest BCUT2D eigenvalue weighted by atomic mass is 32.2. The van der Waals surface area contributed by atoms with Crippen molar-refractivity contribution in [2.45, 2.75) is 32.4 Å². The van der Waals surface area contributed by atoms with Gasteiger partial charge >= 0.3 is 0 Å². The fourth-order valence-corrected chi connectivity index (χ4v) is 2.51. The Morgan fingerprint density at radius 3 is 2.25 bits per heavy atom. The molecule has 94 valence electrons. The molecule has 1 heterocycles. The van der Waals surface area contributed by atoms with Crippen molar-refractivity contribution >= 4 is 15.7 Å². The SMILES string of the molecule is CC1CN(C(=O)CCS(C)(=O)=O)CC(C)N1. The number of sulfone groups is 1. The highest BCUT2D eigenvalue weighted by Gasteiger charge is 2.24. The Hall–Kier alpha value is -0.620. The summed E-state index contributed by atoms with van der Waals surface area (Å²) in [6, 6.07) is 0.539. The van der Waals surface area contributed by atoms with Crippen LogP contribution in [-0.4, -0.2) is 56.4 Å². The van der Waals surface area contributed by atoms with Crippen LogP contribution < -0.4 is 5.32 Å². The summed E-state index contributed by atoms with van der Waals surface area (Å²) in [6.45, 7) is 5.36. The molecule has 2 unspecified atom stereocenters. The molecule has 0 aromatic carbocycles. The summed E-state index contributed by atoms with van der Waals surface area (Å²) in [7, 11) is -3.05. The van der Waals surface area contributed by atoms with Crippen LogP contribution in [0.3, 0.4) is 0 Å². The third-order valence-corrected chi connectivity index (χ3v) is 3.54. The molecule has 2 atom stereocenters. The van der Waals surface area contributed by atoms with Crippen molar-refractivity contribution in [3.8, 4) is 0 Å². The lowest BCUT2D eigenvalue weighted by Crippen LogP contribution is -2.56. The minimum absolute atomic E-state index is 0.0570. The molecular weight excluding hydrogens is 228 g/mol. The normalized spacial score (nSPS) is 26.8. The Labute approximate surface area is 97.1 Å². The summed E-state index contributed by atoms with van der Waals surface area (Å²) >= 11 is 0. The molecule has 1 N–H and O–H groups in total. The molecule has 0 aromatic rings. The quantitative estimate of drug-likeness (QED) is 0.740. The molecule has 5 nitrogen and oxygen atoms in total. The number of piperazine rings is 1. The Kier molecular flexibility index (Phi) is 4.32. The monoisotopic (exact) mass is 248 g/mol. The van der Waals surface area contributed by atoms with Gasteiger partial charge in [0.15, 0.2) is 0 Å². The van der Waals surface area contributed by atoms with Crippen LogP contribution in [-0.2, 0) is 14.6 Å². The molecule has 1 aliphatic heterocycles. The van der Waals surface area contributed by atoms with E-state index in [1.807, 2.05) is 13.8 Å². The van der Waals surface area contributed by atoms with Crippen LogP contribution in [0, 0.1) is 0 Å². The van der Waals surface area contributed by atoms with Gasteiger partial charge in [-0.3, -0.25) is 4.79 Å². The molecular formula is C10H20N2O3S. The summed E-state index contributed by atoms with van der Waals surface area (Å²) in [5.41, 5.74) is 0. The maximum absolute atomic E-state index is 11.8. The second kappa shape index (κ2) is 5.14. The highest BCUT2D eigenvalue weighted by molar-refractivity contribution is 7.90. The van der Waals surface area contributed by atoms with Crippen LogP contribution in [0.25, 0.3) is 0 Å². The van der Waals surface area contributed by atoms with Crippen molar-refractivity contribution in [1.29, 1.82) is 0 Å². The van der Waals surface area contributed by atoms with Crippen molar-refractivity contribution in [3.63, 3.8) is 0 Å². The van der Waals surface area contributed by atoms with Gasteiger partial charge in [0.25, 0.3) is 0 Å². The van der Waals surface area contributed by atoms with E-state index in [-0.39, 0.29) is 30.2 Å².